The van der Waals surface area contributed by atoms with Crippen LogP contribution in [0.5, 0.6) is 0 Å². The van der Waals surface area contributed by atoms with E-state index in [2.05, 4.69) is 6.92 Å². The number of rotatable bonds is 7. The van der Waals surface area contributed by atoms with E-state index >= 15 is 0 Å². The molecule has 0 amide bonds. The Kier molecular flexibility index (Phi) is 6.34. The molecule has 0 aliphatic heterocycles. The number of unbranched alkanes of at least 4 members (excludes halogenated alkanes) is 3. The first kappa shape index (κ1) is 11.1. The minimum absolute atomic E-state index is 0.485. The van der Waals surface area contributed by atoms with Crippen LogP contribution < -0.4 is 0 Å². The highest BCUT2D eigenvalue weighted by Gasteiger charge is 2.14. The van der Waals surface area contributed by atoms with Gasteiger partial charge in [0.2, 0.25) is 0 Å². The molecule has 0 aromatic carbocycles. The first-order valence-electron chi connectivity index (χ1n) is 4.40. The molecule has 1 N–H and O–H groups in total. The summed E-state index contributed by atoms with van der Waals surface area (Å²) >= 11 is 0. The lowest BCUT2D eigenvalue weighted by Gasteiger charge is -2.03. The number of carbonyl (C=O) groups is 2. The maximum Gasteiger partial charge on any atom is 0.313 e. The van der Waals surface area contributed by atoms with Crippen molar-refractivity contribution >= 4 is 12.3 Å². The fourth-order valence-corrected chi connectivity index (χ4v) is 1.04. The highest BCUT2D eigenvalue weighted by Crippen LogP contribution is 2.08. The van der Waals surface area contributed by atoms with Crippen LogP contribution in [0.1, 0.15) is 39.0 Å². The zero-order valence-corrected chi connectivity index (χ0v) is 7.45. The van der Waals surface area contributed by atoms with Crippen molar-refractivity contribution in [3.8, 4) is 0 Å². The van der Waals surface area contributed by atoms with Gasteiger partial charge in [-0.3, -0.25) is 4.79 Å². The number of aliphatic carboxylic acids is 1. The Morgan fingerprint density at radius 2 is 2.08 bits per heavy atom. The van der Waals surface area contributed by atoms with Crippen LogP contribution >= 0.6 is 0 Å². The first-order valence-corrected chi connectivity index (χ1v) is 4.40. The molecule has 0 aromatic rings. The molecule has 0 fully saturated rings. The smallest absolute Gasteiger partial charge is 0.313 e. The molecule has 3 nitrogen and oxygen atoms in total. The molecule has 0 spiro atoms. The van der Waals surface area contributed by atoms with Crippen LogP contribution in [-0.4, -0.2) is 17.4 Å². The van der Waals surface area contributed by atoms with E-state index in [0.29, 0.717) is 12.7 Å². The molecular formula is C9H16O3. The van der Waals surface area contributed by atoms with Crippen LogP contribution in [0.4, 0.5) is 0 Å². The second-order valence-electron chi connectivity index (χ2n) is 2.93. The van der Waals surface area contributed by atoms with Gasteiger partial charge in [0.15, 0.2) is 0 Å². The Balaban J connectivity index is 3.45. The van der Waals surface area contributed by atoms with Crippen LogP contribution in [0, 0.1) is 5.92 Å². The summed E-state index contributed by atoms with van der Waals surface area (Å²) in [7, 11) is 0. The molecule has 0 aliphatic carbocycles. The van der Waals surface area contributed by atoms with Gasteiger partial charge in [0.05, 0.1) is 0 Å². The lowest BCUT2D eigenvalue weighted by Crippen LogP contribution is -2.14. The summed E-state index contributed by atoms with van der Waals surface area (Å²) in [4.78, 5) is 20.6. The van der Waals surface area contributed by atoms with E-state index in [1.165, 1.54) is 0 Å². The van der Waals surface area contributed by atoms with Gasteiger partial charge in [-0.25, -0.2) is 0 Å². The molecule has 3 heteroatoms. The summed E-state index contributed by atoms with van der Waals surface area (Å²) < 4.78 is 0. The number of carboxylic acid groups (broad SMARTS) is 1. The van der Waals surface area contributed by atoms with Gasteiger partial charge in [0.1, 0.15) is 12.2 Å². The standard InChI is InChI=1S/C9H16O3/c1-2-3-4-5-6-8(7-10)9(11)12/h7-8H,2-6H2,1H3,(H,11,12). The Hall–Kier alpha value is -0.860. The fourth-order valence-electron chi connectivity index (χ4n) is 1.04. The first-order chi connectivity index (χ1) is 5.72. The minimum Gasteiger partial charge on any atom is -0.481 e. The van der Waals surface area contributed by atoms with Crippen molar-refractivity contribution in [2.24, 2.45) is 5.92 Å². The van der Waals surface area contributed by atoms with Crippen molar-refractivity contribution in [1.29, 1.82) is 0 Å². The molecule has 0 rings (SSSR count). The number of aldehydes is 1. The van der Waals surface area contributed by atoms with E-state index in [9.17, 15) is 9.59 Å². The maximum absolute atomic E-state index is 10.4. The predicted octanol–water partition coefficient (Wildman–Crippen LogP) is 1.86. The largest absolute Gasteiger partial charge is 0.481 e. The summed E-state index contributed by atoms with van der Waals surface area (Å²) in [6, 6.07) is 0. The van der Waals surface area contributed by atoms with Gasteiger partial charge < -0.3 is 9.90 Å². The molecule has 0 bridgehead atoms. The Bertz CT molecular complexity index is 143. The SMILES string of the molecule is CCCCCCC(C=O)C(=O)O. The minimum atomic E-state index is -0.999. The summed E-state index contributed by atoms with van der Waals surface area (Å²) in [5.41, 5.74) is 0. The zero-order chi connectivity index (χ0) is 9.40. The number of hydrogen-bond donors (Lipinski definition) is 1. The summed E-state index contributed by atoms with van der Waals surface area (Å²) in [6.07, 6.45) is 5.11. The van der Waals surface area contributed by atoms with Gasteiger partial charge >= 0.3 is 5.97 Å². The second kappa shape index (κ2) is 6.83. The van der Waals surface area contributed by atoms with Crippen molar-refractivity contribution in [1.82, 2.24) is 0 Å². The van der Waals surface area contributed by atoms with Crippen molar-refractivity contribution in [3.05, 3.63) is 0 Å². The average molecular weight is 172 g/mol. The van der Waals surface area contributed by atoms with E-state index in [1.54, 1.807) is 0 Å². The quantitative estimate of drug-likeness (QED) is 0.362. The summed E-state index contributed by atoms with van der Waals surface area (Å²) in [5, 5.41) is 8.50. The molecule has 0 heterocycles. The van der Waals surface area contributed by atoms with Crippen molar-refractivity contribution in [2.75, 3.05) is 0 Å². The average Bonchev–Trinajstić information content (AvgIpc) is 2.04. The highest BCUT2D eigenvalue weighted by molar-refractivity contribution is 5.86. The fraction of sp³-hybridized carbons (Fsp3) is 0.778. The van der Waals surface area contributed by atoms with Crippen LogP contribution in [-0.2, 0) is 9.59 Å². The lowest BCUT2D eigenvalue weighted by molar-refractivity contribution is -0.143. The second-order valence-corrected chi connectivity index (χ2v) is 2.93. The molecule has 0 aliphatic rings. The van der Waals surface area contributed by atoms with Crippen LogP contribution in [0.3, 0.4) is 0 Å². The van der Waals surface area contributed by atoms with Gasteiger partial charge in [0, 0.05) is 0 Å². The van der Waals surface area contributed by atoms with E-state index in [-0.39, 0.29) is 0 Å². The zero-order valence-electron chi connectivity index (χ0n) is 7.45. The van der Waals surface area contributed by atoms with Gasteiger partial charge in [-0.2, -0.15) is 0 Å². The molecular weight excluding hydrogens is 156 g/mol. The maximum atomic E-state index is 10.4. The van der Waals surface area contributed by atoms with Crippen molar-refractivity contribution in [2.45, 2.75) is 39.0 Å². The third kappa shape index (κ3) is 4.88. The number of carbonyl (C=O) groups excluding carboxylic acids is 1. The molecule has 0 saturated heterocycles. The Labute approximate surface area is 72.8 Å². The summed E-state index contributed by atoms with van der Waals surface area (Å²) in [5.74, 6) is -1.79. The van der Waals surface area contributed by atoms with Gasteiger partial charge in [-0.15, -0.1) is 0 Å². The lowest BCUT2D eigenvalue weighted by atomic mass is 10.0. The van der Waals surface area contributed by atoms with Crippen molar-refractivity contribution in [3.63, 3.8) is 0 Å². The van der Waals surface area contributed by atoms with E-state index < -0.39 is 11.9 Å². The highest BCUT2D eigenvalue weighted by atomic mass is 16.4. The van der Waals surface area contributed by atoms with Gasteiger partial charge in [-0.1, -0.05) is 32.6 Å². The molecule has 1 unspecified atom stereocenters. The molecule has 0 radical (unpaired) electrons. The molecule has 70 valence electrons. The Morgan fingerprint density at radius 1 is 1.42 bits per heavy atom. The van der Waals surface area contributed by atoms with Crippen LogP contribution in [0.2, 0.25) is 0 Å². The molecule has 12 heavy (non-hydrogen) atoms. The van der Waals surface area contributed by atoms with Crippen LogP contribution in [0.25, 0.3) is 0 Å². The van der Waals surface area contributed by atoms with Crippen LogP contribution in [0.15, 0.2) is 0 Å². The molecule has 0 aromatic heterocycles. The summed E-state index contributed by atoms with van der Waals surface area (Å²) in [6.45, 7) is 2.09. The van der Waals surface area contributed by atoms with E-state index in [4.69, 9.17) is 5.11 Å². The van der Waals surface area contributed by atoms with Gasteiger partial charge in [0.25, 0.3) is 0 Å². The normalized spacial score (nSPS) is 12.4. The Morgan fingerprint density at radius 3 is 2.50 bits per heavy atom. The van der Waals surface area contributed by atoms with Crippen molar-refractivity contribution < 1.29 is 14.7 Å². The predicted molar refractivity (Wildman–Crippen MR) is 45.9 cm³/mol. The van der Waals surface area contributed by atoms with E-state index in [1.807, 2.05) is 0 Å². The van der Waals surface area contributed by atoms with E-state index in [0.717, 1.165) is 25.7 Å². The number of carboxylic acids is 1. The third-order valence-corrected chi connectivity index (χ3v) is 1.85. The topological polar surface area (TPSA) is 54.4 Å². The third-order valence-electron chi connectivity index (χ3n) is 1.85. The molecule has 0 saturated carbocycles. The number of hydrogen-bond acceptors (Lipinski definition) is 2. The van der Waals surface area contributed by atoms with Gasteiger partial charge in [-0.05, 0) is 6.42 Å². The monoisotopic (exact) mass is 172 g/mol. The molecule has 1 atom stereocenters.